The van der Waals surface area contributed by atoms with Crippen LogP contribution in [-0.4, -0.2) is 41.7 Å². The number of alkyl halides is 2. The molecule has 1 atom stereocenters. The summed E-state index contributed by atoms with van der Waals surface area (Å²) in [6.45, 7) is 3.24. The zero-order valence-electron chi connectivity index (χ0n) is 21.2. The molecular formula is C29H27F2N5O2. The maximum absolute atomic E-state index is 13.7. The van der Waals surface area contributed by atoms with Crippen molar-refractivity contribution in [2.75, 3.05) is 6.54 Å². The van der Waals surface area contributed by atoms with Gasteiger partial charge in [0.1, 0.15) is 5.82 Å². The standard InChI is InChI=1S/C29H27F2N5O2/c1-3-13-35-14-4-5-24(35)28-34-26(27-23(18-37)33-12-15-36(27)28)20-8-6-19(7-9-20)25(38)17-22-16-21(10-11-32-22)29(2,30)31/h6-12,15-16,24,37H,4-5,14,17-18H2,1-2H3/t24-/m0/s1. The molecule has 38 heavy (non-hydrogen) atoms. The number of fused-ring (bicyclic) bond motifs is 1. The van der Waals surface area contributed by atoms with Crippen LogP contribution in [0.25, 0.3) is 16.8 Å². The van der Waals surface area contributed by atoms with Gasteiger partial charge in [-0.3, -0.25) is 19.2 Å². The molecule has 1 aromatic carbocycles. The number of halogens is 2. The first-order chi connectivity index (χ1) is 18.3. The van der Waals surface area contributed by atoms with Crippen molar-refractivity contribution in [1.29, 1.82) is 0 Å². The molecule has 194 valence electrons. The van der Waals surface area contributed by atoms with Gasteiger partial charge in [-0.05, 0) is 31.9 Å². The molecule has 3 aromatic heterocycles. The van der Waals surface area contributed by atoms with Gasteiger partial charge in [0.2, 0.25) is 0 Å². The van der Waals surface area contributed by atoms with Gasteiger partial charge in [-0.15, -0.1) is 0 Å². The fourth-order valence-electron chi connectivity index (χ4n) is 4.92. The number of carbonyl (C=O) groups excluding carboxylic acids is 1. The number of imidazole rings is 1. The lowest BCUT2D eigenvalue weighted by molar-refractivity contribution is 0.0172. The van der Waals surface area contributed by atoms with Gasteiger partial charge in [0.05, 0.1) is 36.0 Å². The first-order valence-corrected chi connectivity index (χ1v) is 12.4. The second-order valence-electron chi connectivity index (χ2n) is 9.38. The minimum atomic E-state index is -3.00. The number of pyridine rings is 1. The number of likely N-dealkylation sites (tertiary alicyclic amines) is 1. The molecule has 0 radical (unpaired) electrons. The van der Waals surface area contributed by atoms with E-state index in [0.717, 1.165) is 37.7 Å². The summed E-state index contributed by atoms with van der Waals surface area (Å²) >= 11 is 0. The minimum absolute atomic E-state index is 0.0113. The zero-order chi connectivity index (χ0) is 26.9. The summed E-state index contributed by atoms with van der Waals surface area (Å²) in [6, 6.07) is 12.7. The Morgan fingerprint density at radius 1 is 1.18 bits per heavy atom. The molecule has 4 heterocycles. The van der Waals surface area contributed by atoms with Crippen molar-refractivity contribution in [1.82, 2.24) is 24.3 Å². The first kappa shape index (κ1) is 25.5. The largest absolute Gasteiger partial charge is 0.390 e. The Morgan fingerprint density at radius 2 is 1.97 bits per heavy atom. The molecule has 1 aliphatic heterocycles. The second kappa shape index (κ2) is 10.3. The predicted molar refractivity (Wildman–Crippen MR) is 138 cm³/mol. The third kappa shape index (κ3) is 4.87. The maximum Gasteiger partial charge on any atom is 0.270 e. The molecule has 0 aliphatic carbocycles. The van der Waals surface area contributed by atoms with Crippen molar-refractivity contribution in [3.63, 3.8) is 0 Å². The van der Waals surface area contributed by atoms with Crippen LogP contribution in [0.4, 0.5) is 8.78 Å². The van der Waals surface area contributed by atoms with E-state index in [4.69, 9.17) is 4.98 Å². The smallest absolute Gasteiger partial charge is 0.270 e. The number of hydrogen-bond donors (Lipinski definition) is 1. The van der Waals surface area contributed by atoms with Crippen LogP contribution in [0.1, 0.15) is 65.9 Å². The molecule has 0 bridgehead atoms. The van der Waals surface area contributed by atoms with E-state index in [0.29, 0.717) is 22.5 Å². The number of rotatable bonds is 7. The Bertz CT molecular complexity index is 1550. The highest BCUT2D eigenvalue weighted by molar-refractivity contribution is 5.98. The lowest BCUT2D eigenvalue weighted by atomic mass is 10.0. The SMILES string of the molecule is CC#CN1CCC[C@H]1c1nc(-c2ccc(C(=O)Cc3cc(C(C)(F)F)ccn3)cc2)c2c(CO)nccn12. The van der Waals surface area contributed by atoms with Crippen LogP contribution in [0.2, 0.25) is 0 Å². The molecule has 1 fully saturated rings. The maximum atomic E-state index is 13.7. The van der Waals surface area contributed by atoms with Crippen molar-refractivity contribution in [3.8, 4) is 23.2 Å². The van der Waals surface area contributed by atoms with E-state index in [1.54, 1.807) is 30.5 Å². The molecule has 1 saturated heterocycles. The van der Waals surface area contributed by atoms with Crippen molar-refractivity contribution >= 4 is 11.3 Å². The van der Waals surface area contributed by atoms with Crippen LogP contribution in [0.3, 0.4) is 0 Å². The summed E-state index contributed by atoms with van der Waals surface area (Å²) in [5.74, 6) is 0.568. The number of Topliss-reactive ketones (excluding diaryl/α,β-unsaturated/α-hetero) is 1. The molecule has 4 aromatic rings. The third-order valence-corrected chi connectivity index (χ3v) is 6.76. The average molecular weight is 516 g/mol. The van der Waals surface area contributed by atoms with E-state index in [2.05, 4.69) is 26.8 Å². The number of nitrogens with zero attached hydrogens (tertiary/aromatic N) is 5. The lowest BCUT2D eigenvalue weighted by Gasteiger charge is -2.19. The monoisotopic (exact) mass is 515 g/mol. The molecule has 1 aliphatic rings. The highest BCUT2D eigenvalue weighted by Crippen LogP contribution is 2.35. The van der Waals surface area contributed by atoms with E-state index < -0.39 is 5.92 Å². The van der Waals surface area contributed by atoms with E-state index >= 15 is 0 Å². The van der Waals surface area contributed by atoms with Crippen molar-refractivity contribution in [2.45, 2.75) is 51.7 Å². The molecule has 0 unspecified atom stereocenters. The molecule has 0 spiro atoms. The minimum Gasteiger partial charge on any atom is -0.390 e. The Balaban J connectivity index is 1.47. The van der Waals surface area contributed by atoms with Crippen LogP contribution >= 0.6 is 0 Å². The summed E-state index contributed by atoms with van der Waals surface area (Å²) in [5, 5.41) is 10.0. The van der Waals surface area contributed by atoms with Gasteiger partial charge in [-0.2, -0.15) is 0 Å². The van der Waals surface area contributed by atoms with Crippen LogP contribution in [-0.2, 0) is 19.0 Å². The first-order valence-electron chi connectivity index (χ1n) is 12.4. The van der Waals surface area contributed by atoms with Crippen molar-refractivity contribution in [2.24, 2.45) is 0 Å². The van der Waals surface area contributed by atoms with E-state index in [9.17, 15) is 18.7 Å². The van der Waals surface area contributed by atoms with E-state index in [-0.39, 0.29) is 36.1 Å². The Morgan fingerprint density at radius 3 is 2.68 bits per heavy atom. The average Bonchev–Trinajstić information content (AvgIpc) is 3.53. The third-order valence-electron chi connectivity index (χ3n) is 6.76. The Hall–Kier alpha value is -4.16. The number of carbonyl (C=O) groups is 1. The van der Waals surface area contributed by atoms with Crippen molar-refractivity contribution < 1.29 is 18.7 Å². The lowest BCUT2D eigenvalue weighted by Crippen LogP contribution is -2.19. The summed E-state index contributed by atoms with van der Waals surface area (Å²) in [6.07, 6.45) is 6.62. The summed E-state index contributed by atoms with van der Waals surface area (Å²) in [4.78, 5) is 28.4. The molecule has 9 heteroatoms. The zero-order valence-corrected chi connectivity index (χ0v) is 21.2. The van der Waals surface area contributed by atoms with E-state index in [1.807, 2.05) is 17.5 Å². The Labute approximate surface area is 219 Å². The van der Waals surface area contributed by atoms with Crippen LogP contribution in [0.5, 0.6) is 0 Å². The number of aliphatic hydroxyl groups excluding tert-OH is 1. The number of benzene rings is 1. The number of aliphatic hydroxyl groups is 1. The van der Waals surface area contributed by atoms with Gasteiger partial charge in [-0.25, -0.2) is 13.8 Å². The molecular weight excluding hydrogens is 488 g/mol. The van der Waals surface area contributed by atoms with Gasteiger partial charge < -0.3 is 10.0 Å². The molecule has 1 N–H and O–H groups in total. The Kier molecular flexibility index (Phi) is 6.91. The topological polar surface area (TPSA) is 83.6 Å². The fourth-order valence-corrected chi connectivity index (χ4v) is 4.92. The summed E-state index contributed by atoms with van der Waals surface area (Å²) < 4.78 is 29.3. The van der Waals surface area contributed by atoms with Crippen LogP contribution < -0.4 is 0 Å². The van der Waals surface area contributed by atoms with Crippen molar-refractivity contribution in [3.05, 3.63) is 83.3 Å². The predicted octanol–water partition coefficient (Wildman–Crippen LogP) is 4.94. The molecule has 7 nitrogen and oxygen atoms in total. The second-order valence-corrected chi connectivity index (χ2v) is 9.38. The molecule has 0 saturated carbocycles. The van der Waals surface area contributed by atoms with Gasteiger partial charge in [-0.1, -0.05) is 30.2 Å². The summed E-state index contributed by atoms with van der Waals surface area (Å²) in [7, 11) is 0. The molecule has 5 rings (SSSR count). The number of aromatic nitrogens is 4. The number of ketones is 1. The highest BCUT2D eigenvalue weighted by Gasteiger charge is 2.30. The van der Waals surface area contributed by atoms with Crippen LogP contribution in [0, 0.1) is 12.0 Å². The van der Waals surface area contributed by atoms with E-state index in [1.165, 1.54) is 18.3 Å². The fraction of sp³-hybridized carbons (Fsp3) is 0.310. The van der Waals surface area contributed by atoms with Gasteiger partial charge >= 0.3 is 0 Å². The summed E-state index contributed by atoms with van der Waals surface area (Å²) in [5.41, 5.74) is 3.20. The molecule has 0 amide bonds. The number of hydrogen-bond acceptors (Lipinski definition) is 6. The van der Waals surface area contributed by atoms with Crippen LogP contribution in [0.15, 0.2) is 55.0 Å². The normalized spacial score (nSPS) is 15.5. The quantitative estimate of drug-likeness (QED) is 0.277. The van der Waals surface area contributed by atoms with Gasteiger partial charge in [0.25, 0.3) is 5.92 Å². The van der Waals surface area contributed by atoms with Gasteiger partial charge in [0.15, 0.2) is 5.78 Å². The highest BCUT2D eigenvalue weighted by atomic mass is 19.3. The van der Waals surface area contributed by atoms with Gasteiger partial charge in [0, 0.05) is 60.5 Å².